The molecule has 4 nitrogen and oxygen atoms in total. The molecule has 2 heterocycles. The second-order valence-electron chi connectivity index (χ2n) is 4.61. The molecular formula is C15H15N3OS. The van der Waals surface area contributed by atoms with Gasteiger partial charge in [-0.25, -0.2) is 4.98 Å². The number of rotatable bonds is 5. The van der Waals surface area contributed by atoms with Crippen molar-refractivity contribution >= 4 is 28.0 Å². The van der Waals surface area contributed by atoms with E-state index >= 15 is 0 Å². The minimum Gasteiger partial charge on any atom is -0.361 e. The van der Waals surface area contributed by atoms with Crippen LogP contribution in [0.3, 0.4) is 0 Å². The summed E-state index contributed by atoms with van der Waals surface area (Å²) in [6.07, 6.45) is 4.29. The number of ketones is 1. The van der Waals surface area contributed by atoms with E-state index in [2.05, 4.69) is 21.4 Å². The van der Waals surface area contributed by atoms with Gasteiger partial charge >= 0.3 is 0 Å². The normalized spacial score (nSPS) is 12.7. The first kappa shape index (κ1) is 13.0. The first-order valence-electron chi connectivity index (χ1n) is 6.45. The molecule has 1 unspecified atom stereocenters. The summed E-state index contributed by atoms with van der Waals surface area (Å²) in [6, 6.07) is 7.87. The number of Topliss-reactive ketones (excluding diaryl/α,β-unsaturated/α-hetero) is 1. The highest BCUT2D eigenvalue weighted by Gasteiger charge is 2.21. The van der Waals surface area contributed by atoms with Crippen molar-refractivity contribution in [3.63, 3.8) is 0 Å². The number of nitrogens with one attached hydrogen (secondary N) is 2. The highest BCUT2D eigenvalue weighted by molar-refractivity contribution is 7.11. The monoisotopic (exact) mass is 285 g/mol. The van der Waals surface area contributed by atoms with E-state index in [4.69, 9.17) is 0 Å². The Hall–Kier alpha value is -1.98. The van der Waals surface area contributed by atoms with Crippen molar-refractivity contribution in [1.82, 2.24) is 15.3 Å². The van der Waals surface area contributed by atoms with Gasteiger partial charge in [0.1, 0.15) is 0 Å². The number of nitrogens with zero attached hydrogens (tertiary/aromatic N) is 1. The molecule has 0 saturated carbocycles. The van der Waals surface area contributed by atoms with Crippen molar-refractivity contribution in [2.24, 2.45) is 0 Å². The molecule has 20 heavy (non-hydrogen) atoms. The van der Waals surface area contributed by atoms with Crippen molar-refractivity contribution in [3.8, 4) is 0 Å². The van der Waals surface area contributed by atoms with Crippen molar-refractivity contribution in [1.29, 1.82) is 0 Å². The summed E-state index contributed by atoms with van der Waals surface area (Å²) in [4.78, 5) is 19.7. The third kappa shape index (κ3) is 2.37. The van der Waals surface area contributed by atoms with E-state index in [9.17, 15) is 4.79 Å². The molecule has 0 aliphatic rings. The minimum absolute atomic E-state index is 0.0489. The zero-order valence-corrected chi connectivity index (χ0v) is 11.9. The molecule has 2 aromatic heterocycles. The number of benzene rings is 1. The SMILES string of the molecule is CNC(Cc1c[nH]c2ccccc12)C(=O)c1nccs1. The zero-order valence-electron chi connectivity index (χ0n) is 11.1. The molecule has 5 heteroatoms. The molecule has 1 aromatic carbocycles. The van der Waals surface area contributed by atoms with E-state index in [-0.39, 0.29) is 11.8 Å². The quantitative estimate of drug-likeness (QED) is 0.709. The lowest BCUT2D eigenvalue weighted by Crippen LogP contribution is -2.36. The molecule has 3 aromatic rings. The summed E-state index contributed by atoms with van der Waals surface area (Å²) < 4.78 is 0. The summed E-state index contributed by atoms with van der Waals surface area (Å²) in [5.41, 5.74) is 2.24. The predicted octanol–water partition coefficient (Wildman–Crippen LogP) is 2.64. The first-order chi connectivity index (χ1) is 9.79. The molecule has 0 amide bonds. The lowest BCUT2D eigenvalue weighted by molar-refractivity contribution is 0.0946. The summed E-state index contributed by atoms with van der Waals surface area (Å²) >= 11 is 1.38. The van der Waals surface area contributed by atoms with Gasteiger partial charge in [0.05, 0.1) is 6.04 Å². The van der Waals surface area contributed by atoms with Crippen LogP contribution in [0.5, 0.6) is 0 Å². The van der Waals surface area contributed by atoms with E-state index < -0.39 is 0 Å². The fraction of sp³-hybridized carbons (Fsp3) is 0.200. The number of carbonyl (C=O) groups excluding carboxylic acids is 1. The number of fused-ring (bicyclic) bond motifs is 1. The van der Waals surface area contributed by atoms with Crippen molar-refractivity contribution in [2.75, 3.05) is 7.05 Å². The molecule has 2 N–H and O–H groups in total. The van der Waals surface area contributed by atoms with Crippen LogP contribution < -0.4 is 5.32 Å². The molecule has 0 spiro atoms. The smallest absolute Gasteiger partial charge is 0.208 e. The van der Waals surface area contributed by atoms with Crippen LogP contribution >= 0.6 is 11.3 Å². The average Bonchev–Trinajstić information content (AvgIpc) is 3.14. The van der Waals surface area contributed by atoms with Crippen molar-refractivity contribution < 1.29 is 4.79 Å². The van der Waals surface area contributed by atoms with Gasteiger partial charge in [0, 0.05) is 28.7 Å². The molecule has 102 valence electrons. The van der Waals surface area contributed by atoms with E-state index in [0.29, 0.717) is 11.4 Å². The van der Waals surface area contributed by atoms with Gasteiger partial charge in [-0.3, -0.25) is 4.79 Å². The van der Waals surface area contributed by atoms with Gasteiger partial charge in [0.25, 0.3) is 0 Å². The number of thiazole rings is 1. The number of aromatic amines is 1. The van der Waals surface area contributed by atoms with Gasteiger partial charge in [0.2, 0.25) is 5.78 Å². The standard InChI is InChI=1S/C15H15N3OS/c1-16-13(14(19)15-17-6-7-20-15)8-10-9-18-12-5-3-2-4-11(10)12/h2-7,9,13,16,18H,8H2,1H3. The van der Waals surface area contributed by atoms with Crippen LogP contribution in [-0.2, 0) is 6.42 Å². The molecule has 0 aliphatic carbocycles. The molecule has 0 aliphatic heterocycles. The van der Waals surface area contributed by atoms with Crippen LogP contribution in [0.2, 0.25) is 0 Å². The number of hydrogen-bond donors (Lipinski definition) is 2. The fourth-order valence-electron chi connectivity index (χ4n) is 2.34. The Morgan fingerprint density at radius 3 is 3.05 bits per heavy atom. The van der Waals surface area contributed by atoms with Crippen LogP contribution in [0.25, 0.3) is 10.9 Å². The van der Waals surface area contributed by atoms with E-state index in [1.165, 1.54) is 16.7 Å². The van der Waals surface area contributed by atoms with Gasteiger partial charge < -0.3 is 10.3 Å². The van der Waals surface area contributed by atoms with E-state index in [1.807, 2.05) is 36.8 Å². The Bertz CT molecular complexity index is 718. The molecule has 0 bridgehead atoms. The Morgan fingerprint density at radius 1 is 1.45 bits per heavy atom. The Kier molecular flexibility index (Phi) is 3.62. The van der Waals surface area contributed by atoms with Gasteiger partial charge in [-0.1, -0.05) is 18.2 Å². The van der Waals surface area contributed by atoms with Gasteiger partial charge in [-0.2, -0.15) is 0 Å². The average molecular weight is 285 g/mol. The second-order valence-corrected chi connectivity index (χ2v) is 5.50. The summed E-state index contributed by atoms with van der Waals surface area (Å²) in [7, 11) is 1.81. The maximum absolute atomic E-state index is 12.4. The number of aromatic nitrogens is 2. The third-order valence-electron chi connectivity index (χ3n) is 3.41. The van der Waals surface area contributed by atoms with E-state index in [0.717, 1.165) is 11.1 Å². The molecule has 3 rings (SSSR count). The zero-order chi connectivity index (χ0) is 13.9. The highest BCUT2D eigenvalue weighted by atomic mass is 32.1. The summed E-state index contributed by atoms with van der Waals surface area (Å²) in [5.74, 6) is 0.0489. The maximum atomic E-state index is 12.4. The number of likely N-dealkylation sites (N-methyl/N-ethyl adjacent to an activating group) is 1. The Morgan fingerprint density at radius 2 is 2.30 bits per heavy atom. The van der Waals surface area contributed by atoms with Crippen LogP contribution in [-0.4, -0.2) is 28.8 Å². The van der Waals surface area contributed by atoms with Gasteiger partial charge in [0.15, 0.2) is 5.01 Å². The first-order valence-corrected chi connectivity index (χ1v) is 7.33. The lowest BCUT2D eigenvalue weighted by atomic mass is 10.0. The van der Waals surface area contributed by atoms with Crippen LogP contribution in [0.4, 0.5) is 0 Å². The fourth-order valence-corrected chi connectivity index (χ4v) is 2.97. The summed E-state index contributed by atoms with van der Waals surface area (Å²) in [5, 5.41) is 6.65. The van der Waals surface area contributed by atoms with Crippen LogP contribution in [0.1, 0.15) is 15.4 Å². The molecular weight excluding hydrogens is 270 g/mol. The van der Waals surface area contributed by atoms with Crippen molar-refractivity contribution in [3.05, 3.63) is 52.6 Å². The predicted molar refractivity (Wildman–Crippen MR) is 81.3 cm³/mol. The van der Waals surface area contributed by atoms with Crippen LogP contribution in [0, 0.1) is 0 Å². The van der Waals surface area contributed by atoms with Gasteiger partial charge in [-0.05, 0) is 25.1 Å². The Balaban J connectivity index is 1.86. The second kappa shape index (κ2) is 5.56. The summed E-state index contributed by atoms with van der Waals surface area (Å²) in [6.45, 7) is 0. The topological polar surface area (TPSA) is 57.8 Å². The highest BCUT2D eigenvalue weighted by Crippen LogP contribution is 2.20. The Labute approximate surface area is 120 Å². The molecule has 0 radical (unpaired) electrons. The lowest BCUT2D eigenvalue weighted by Gasteiger charge is -2.12. The molecule has 1 atom stereocenters. The van der Waals surface area contributed by atoms with Crippen LogP contribution in [0.15, 0.2) is 42.0 Å². The number of H-pyrrole nitrogens is 1. The van der Waals surface area contributed by atoms with Gasteiger partial charge in [-0.15, -0.1) is 11.3 Å². The largest absolute Gasteiger partial charge is 0.361 e. The van der Waals surface area contributed by atoms with Crippen molar-refractivity contribution in [2.45, 2.75) is 12.5 Å². The maximum Gasteiger partial charge on any atom is 0.208 e. The molecule has 0 saturated heterocycles. The number of hydrogen-bond acceptors (Lipinski definition) is 4. The van der Waals surface area contributed by atoms with E-state index in [1.54, 1.807) is 6.20 Å². The molecule has 0 fully saturated rings. The number of carbonyl (C=O) groups is 1. The minimum atomic E-state index is -0.250. The number of para-hydroxylation sites is 1. The third-order valence-corrected chi connectivity index (χ3v) is 4.19.